The zero-order chi connectivity index (χ0) is 14.0. The molecular formula is C13H8F3NO2. The van der Waals surface area contributed by atoms with Crippen LogP contribution in [0.4, 0.5) is 13.2 Å². The van der Waals surface area contributed by atoms with Crippen LogP contribution in [0.25, 0.3) is 11.1 Å². The van der Waals surface area contributed by atoms with Crippen LogP contribution in [0.1, 0.15) is 15.9 Å². The standard InChI is InChI=1S/C13H8F3NO2/c14-13(15,16)11-4-3-8(6-10(11)12(18)19)9-2-1-5-17-7-9/h1-7H,(H,18,19). The lowest BCUT2D eigenvalue weighted by atomic mass is 10.00. The third kappa shape index (κ3) is 2.73. The minimum Gasteiger partial charge on any atom is -0.478 e. The van der Waals surface area contributed by atoms with Crippen molar-refractivity contribution in [2.24, 2.45) is 0 Å². The van der Waals surface area contributed by atoms with E-state index < -0.39 is 23.3 Å². The number of hydrogen-bond acceptors (Lipinski definition) is 2. The maximum Gasteiger partial charge on any atom is 0.417 e. The first-order valence-electron chi connectivity index (χ1n) is 5.24. The number of benzene rings is 1. The number of aromatic carboxylic acids is 1. The monoisotopic (exact) mass is 267 g/mol. The van der Waals surface area contributed by atoms with Crippen LogP contribution in [-0.2, 0) is 6.18 Å². The molecule has 0 aliphatic rings. The molecule has 1 aromatic carbocycles. The van der Waals surface area contributed by atoms with Crippen LogP contribution in [0.2, 0.25) is 0 Å². The maximum atomic E-state index is 12.7. The number of carbonyl (C=O) groups is 1. The Kier molecular flexibility index (Phi) is 3.25. The summed E-state index contributed by atoms with van der Waals surface area (Å²) in [7, 11) is 0. The second-order valence-corrected chi connectivity index (χ2v) is 3.80. The van der Waals surface area contributed by atoms with E-state index in [-0.39, 0.29) is 0 Å². The molecule has 0 aliphatic heterocycles. The largest absolute Gasteiger partial charge is 0.478 e. The predicted molar refractivity (Wildman–Crippen MR) is 61.6 cm³/mol. The van der Waals surface area contributed by atoms with Gasteiger partial charge in [0.2, 0.25) is 0 Å². The molecule has 0 aliphatic carbocycles. The molecule has 0 atom stereocenters. The number of nitrogens with zero attached hydrogens (tertiary/aromatic N) is 1. The van der Waals surface area contributed by atoms with Gasteiger partial charge >= 0.3 is 12.1 Å². The summed E-state index contributed by atoms with van der Waals surface area (Å²) in [6, 6.07) is 6.26. The quantitative estimate of drug-likeness (QED) is 0.906. The highest BCUT2D eigenvalue weighted by Gasteiger charge is 2.35. The van der Waals surface area contributed by atoms with Crippen LogP contribution in [0.5, 0.6) is 0 Å². The van der Waals surface area contributed by atoms with Gasteiger partial charge in [-0.3, -0.25) is 4.98 Å². The molecule has 0 radical (unpaired) electrons. The Bertz CT molecular complexity index is 609. The summed E-state index contributed by atoms with van der Waals surface area (Å²) < 4.78 is 38.0. The number of pyridine rings is 1. The van der Waals surface area contributed by atoms with Gasteiger partial charge in [-0.25, -0.2) is 4.79 Å². The number of carboxylic acid groups (broad SMARTS) is 1. The molecule has 6 heteroatoms. The summed E-state index contributed by atoms with van der Waals surface area (Å²) in [6.45, 7) is 0. The minimum atomic E-state index is -4.69. The maximum absolute atomic E-state index is 12.7. The normalized spacial score (nSPS) is 11.3. The summed E-state index contributed by atoms with van der Waals surface area (Å²) in [4.78, 5) is 14.8. The SMILES string of the molecule is O=C(O)c1cc(-c2cccnc2)ccc1C(F)(F)F. The lowest BCUT2D eigenvalue weighted by molar-refractivity contribution is -0.138. The first kappa shape index (κ1) is 13.1. The first-order valence-corrected chi connectivity index (χ1v) is 5.24. The molecule has 2 rings (SSSR count). The van der Waals surface area contributed by atoms with Gasteiger partial charge in [0, 0.05) is 18.0 Å². The van der Waals surface area contributed by atoms with Gasteiger partial charge in [-0.15, -0.1) is 0 Å². The van der Waals surface area contributed by atoms with Gasteiger partial charge in [0.15, 0.2) is 0 Å². The first-order chi connectivity index (χ1) is 8.89. The number of halogens is 3. The Hall–Kier alpha value is -2.37. The summed E-state index contributed by atoms with van der Waals surface area (Å²) in [5.74, 6) is -1.61. The molecule has 0 spiro atoms. The van der Waals surface area contributed by atoms with E-state index in [0.29, 0.717) is 11.1 Å². The van der Waals surface area contributed by atoms with Gasteiger partial charge in [-0.2, -0.15) is 13.2 Å². The number of alkyl halides is 3. The van der Waals surface area contributed by atoms with Gasteiger partial charge in [0.1, 0.15) is 0 Å². The Morgan fingerprint density at radius 2 is 1.89 bits per heavy atom. The van der Waals surface area contributed by atoms with Crippen LogP contribution >= 0.6 is 0 Å². The second-order valence-electron chi connectivity index (χ2n) is 3.80. The van der Waals surface area contributed by atoms with Gasteiger partial charge in [-0.05, 0) is 23.8 Å². The van der Waals surface area contributed by atoms with Crippen molar-refractivity contribution in [3.63, 3.8) is 0 Å². The molecule has 0 unspecified atom stereocenters. The number of hydrogen-bond donors (Lipinski definition) is 1. The van der Waals surface area contributed by atoms with E-state index in [4.69, 9.17) is 5.11 Å². The van der Waals surface area contributed by atoms with E-state index in [1.807, 2.05) is 0 Å². The average Bonchev–Trinajstić information content (AvgIpc) is 2.38. The van der Waals surface area contributed by atoms with E-state index in [9.17, 15) is 18.0 Å². The van der Waals surface area contributed by atoms with Crippen LogP contribution < -0.4 is 0 Å². The van der Waals surface area contributed by atoms with E-state index in [1.165, 1.54) is 18.5 Å². The van der Waals surface area contributed by atoms with E-state index in [2.05, 4.69) is 4.98 Å². The molecule has 1 aromatic heterocycles. The minimum absolute atomic E-state index is 0.374. The third-order valence-electron chi connectivity index (χ3n) is 2.55. The highest BCUT2D eigenvalue weighted by Crippen LogP contribution is 2.34. The number of rotatable bonds is 2. The van der Waals surface area contributed by atoms with Crippen LogP contribution in [-0.4, -0.2) is 16.1 Å². The van der Waals surface area contributed by atoms with Crippen molar-refractivity contribution in [2.75, 3.05) is 0 Å². The molecule has 1 N–H and O–H groups in total. The molecule has 19 heavy (non-hydrogen) atoms. The van der Waals surface area contributed by atoms with Crippen molar-refractivity contribution >= 4 is 5.97 Å². The van der Waals surface area contributed by atoms with E-state index >= 15 is 0 Å². The summed E-state index contributed by atoms with van der Waals surface area (Å²) >= 11 is 0. The van der Waals surface area contributed by atoms with E-state index in [1.54, 1.807) is 12.1 Å². The predicted octanol–water partition coefficient (Wildman–Crippen LogP) is 3.47. The van der Waals surface area contributed by atoms with Crippen molar-refractivity contribution in [3.05, 3.63) is 53.9 Å². The topological polar surface area (TPSA) is 50.2 Å². The third-order valence-corrected chi connectivity index (χ3v) is 2.55. The Balaban J connectivity index is 2.58. The molecule has 98 valence electrons. The zero-order valence-corrected chi connectivity index (χ0v) is 9.48. The van der Waals surface area contributed by atoms with Gasteiger partial charge in [-0.1, -0.05) is 12.1 Å². The fraction of sp³-hybridized carbons (Fsp3) is 0.0769. The number of aromatic nitrogens is 1. The molecule has 2 aromatic rings. The van der Waals surface area contributed by atoms with Crippen molar-refractivity contribution < 1.29 is 23.1 Å². The Morgan fingerprint density at radius 3 is 2.42 bits per heavy atom. The Labute approximate surface area is 106 Å². The highest BCUT2D eigenvalue weighted by atomic mass is 19.4. The fourth-order valence-corrected chi connectivity index (χ4v) is 1.68. The zero-order valence-electron chi connectivity index (χ0n) is 9.48. The van der Waals surface area contributed by atoms with Crippen molar-refractivity contribution in [2.45, 2.75) is 6.18 Å². The van der Waals surface area contributed by atoms with Gasteiger partial charge in [0.05, 0.1) is 11.1 Å². The lowest BCUT2D eigenvalue weighted by Crippen LogP contribution is -2.12. The molecule has 0 bridgehead atoms. The molecular weight excluding hydrogens is 259 g/mol. The molecule has 0 saturated carbocycles. The second kappa shape index (κ2) is 4.72. The highest BCUT2D eigenvalue weighted by molar-refractivity contribution is 5.91. The van der Waals surface area contributed by atoms with Gasteiger partial charge in [0.25, 0.3) is 0 Å². The summed E-state index contributed by atoms with van der Waals surface area (Å²) in [5.41, 5.74) is -1.00. The molecule has 1 heterocycles. The molecule has 3 nitrogen and oxygen atoms in total. The van der Waals surface area contributed by atoms with Gasteiger partial charge < -0.3 is 5.11 Å². The van der Waals surface area contributed by atoms with Crippen LogP contribution in [0, 0.1) is 0 Å². The smallest absolute Gasteiger partial charge is 0.417 e. The molecule has 0 amide bonds. The lowest BCUT2D eigenvalue weighted by Gasteiger charge is -2.11. The summed E-state index contributed by atoms with van der Waals surface area (Å²) in [5, 5.41) is 8.88. The van der Waals surface area contributed by atoms with Crippen LogP contribution in [0.15, 0.2) is 42.7 Å². The van der Waals surface area contributed by atoms with Crippen LogP contribution in [0.3, 0.4) is 0 Å². The molecule has 0 saturated heterocycles. The van der Waals surface area contributed by atoms with Crippen molar-refractivity contribution in [1.82, 2.24) is 4.98 Å². The fourth-order valence-electron chi connectivity index (χ4n) is 1.68. The van der Waals surface area contributed by atoms with Crippen molar-refractivity contribution in [3.8, 4) is 11.1 Å². The molecule has 0 fully saturated rings. The Morgan fingerprint density at radius 1 is 1.16 bits per heavy atom. The summed E-state index contributed by atoms with van der Waals surface area (Å²) in [6.07, 6.45) is -1.72. The van der Waals surface area contributed by atoms with Crippen molar-refractivity contribution in [1.29, 1.82) is 0 Å². The van der Waals surface area contributed by atoms with E-state index in [0.717, 1.165) is 12.1 Å². The number of carboxylic acids is 1. The average molecular weight is 267 g/mol.